The number of hydrogen-bond acceptors (Lipinski definition) is 7. The molecule has 1 radical (unpaired) electrons. The topological polar surface area (TPSA) is 162 Å². The molecule has 11 nitrogen and oxygen atoms in total. The zero-order valence-electron chi connectivity index (χ0n) is 12.3. The average Bonchev–Trinajstić information content (AvgIpc) is 2.51. The van der Waals surface area contributed by atoms with E-state index in [2.05, 4.69) is 10.6 Å². The minimum Gasteiger partial charge on any atom is -0.350 e. The minimum absolute atomic E-state index is 0.0225. The van der Waals surface area contributed by atoms with Gasteiger partial charge in [0.15, 0.2) is 5.91 Å². The molecule has 0 aliphatic rings. The molecule has 1 rings (SSSR count). The number of carbonyl (C=O) groups is 3. The van der Waals surface area contributed by atoms with Crippen LogP contribution in [0.5, 0.6) is 0 Å². The summed E-state index contributed by atoms with van der Waals surface area (Å²) in [6.45, 7) is -0.786. The van der Waals surface area contributed by atoms with E-state index in [0.717, 1.165) is 0 Å². The molecular weight excluding hydrogens is 340 g/mol. The molecule has 2 amide bonds. The molecule has 0 fully saturated rings. The van der Waals surface area contributed by atoms with Gasteiger partial charge in [-0.2, -0.15) is 0 Å². The first-order valence-corrected chi connectivity index (χ1v) is 8.07. The highest BCUT2D eigenvalue weighted by Crippen LogP contribution is 2.05. The summed E-state index contributed by atoms with van der Waals surface area (Å²) in [6.07, 6.45) is 0. The first kappa shape index (κ1) is 18.9. The number of hydrogen-bond donors (Lipinski definition) is 2. The van der Waals surface area contributed by atoms with Crippen LogP contribution in [0.25, 0.3) is 0 Å². The van der Waals surface area contributed by atoms with Crippen molar-refractivity contribution in [2.75, 3.05) is 6.54 Å². The van der Waals surface area contributed by atoms with E-state index in [1.54, 1.807) is 24.3 Å². The number of rotatable bonds is 9. The molecule has 0 spiro atoms. The van der Waals surface area contributed by atoms with Crippen molar-refractivity contribution in [1.29, 1.82) is 0 Å². The Morgan fingerprint density at radius 1 is 1.12 bits per heavy atom. The summed E-state index contributed by atoms with van der Waals surface area (Å²) in [5.41, 5.74) is 0.304. The van der Waals surface area contributed by atoms with Crippen molar-refractivity contribution in [1.82, 2.24) is 10.6 Å². The zero-order chi connectivity index (χ0) is 18.1. The van der Waals surface area contributed by atoms with Crippen LogP contribution in [0.3, 0.4) is 0 Å². The third-order valence-corrected chi connectivity index (χ3v) is 4.01. The lowest BCUT2D eigenvalue weighted by Crippen LogP contribution is -2.44. The molecule has 0 aromatic heterocycles. The van der Waals surface area contributed by atoms with Crippen molar-refractivity contribution in [3.8, 4) is 0 Å². The molecule has 127 valence electrons. The number of nitro groups is 2. The Morgan fingerprint density at radius 3 is 2.21 bits per heavy atom. The van der Waals surface area contributed by atoms with Crippen LogP contribution in [0.15, 0.2) is 24.3 Å². The number of carbonyl (C=O) groups excluding carboxylic acids is 3. The van der Waals surface area contributed by atoms with Gasteiger partial charge in [0.25, 0.3) is 18.0 Å². The van der Waals surface area contributed by atoms with E-state index >= 15 is 0 Å². The van der Waals surface area contributed by atoms with Gasteiger partial charge in [-0.05, 0) is 15.7 Å². The molecule has 12 heteroatoms. The Balaban J connectivity index is 2.58. The predicted molar refractivity (Wildman–Crippen MR) is 81.9 cm³/mol. The van der Waals surface area contributed by atoms with Crippen LogP contribution in [0.4, 0.5) is 4.79 Å². The summed E-state index contributed by atoms with van der Waals surface area (Å²) in [7, 11) is -3.02. The molecule has 0 atom stereocenters. The Hall–Kier alpha value is -3.15. The van der Waals surface area contributed by atoms with Gasteiger partial charge in [0.1, 0.15) is 0 Å². The first-order valence-electron chi connectivity index (χ1n) is 6.54. The molecule has 0 unspecified atom stereocenters. The van der Waals surface area contributed by atoms with Crippen LogP contribution in [0.1, 0.15) is 11.1 Å². The van der Waals surface area contributed by atoms with Crippen molar-refractivity contribution in [3.05, 3.63) is 55.6 Å². The van der Waals surface area contributed by atoms with Crippen molar-refractivity contribution in [3.63, 3.8) is 0 Å². The van der Waals surface area contributed by atoms with E-state index in [1.807, 2.05) is 0 Å². The summed E-state index contributed by atoms with van der Waals surface area (Å²) in [5, 5.41) is 25.4. The normalized spacial score (nSPS) is 10.0. The number of nitrogens with zero attached hydrogens (tertiary/aromatic N) is 2. The van der Waals surface area contributed by atoms with Crippen LogP contribution >= 0.6 is 0 Å². The maximum Gasteiger partial charge on any atom is 0.651 e. The quantitative estimate of drug-likeness (QED) is 0.259. The summed E-state index contributed by atoms with van der Waals surface area (Å²) >= 11 is 0. The summed E-state index contributed by atoms with van der Waals surface area (Å²) in [4.78, 5) is 53.2. The Morgan fingerprint density at radius 2 is 1.71 bits per heavy atom. The third-order valence-electron chi connectivity index (χ3n) is 2.75. The molecule has 2 N–H and O–H groups in total. The molecule has 24 heavy (non-hydrogen) atoms. The number of benzene rings is 1. The molecule has 0 bridgehead atoms. The molecule has 0 aliphatic heterocycles. The Bertz CT molecular complexity index is 667. The lowest BCUT2D eigenvalue weighted by atomic mass is 10.1. The fraction of sp³-hybridized carbons (Fsp3) is 0.250. The maximum absolute atomic E-state index is 11.5. The lowest BCUT2D eigenvalue weighted by Gasteiger charge is -2.07. The van der Waals surface area contributed by atoms with Gasteiger partial charge in [-0.1, -0.05) is 24.3 Å². The highest BCUT2D eigenvalue weighted by atomic mass is 28.3. The highest BCUT2D eigenvalue weighted by Gasteiger charge is 2.39. The van der Waals surface area contributed by atoms with Gasteiger partial charge in [0.05, 0.1) is 0 Å². The first-order chi connectivity index (χ1) is 11.3. The van der Waals surface area contributed by atoms with Gasteiger partial charge < -0.3 is 15.4 Å². The monoisotopic (exact) mass is 353 g/mol. The second-order valence-electron chi connectivity index (χ2n) is 4.53. The van der Waals surface area contributed by atoms with Gasteiger partial charge in [0.2, 0.25) is 0 Å². The maximum atomic E-state index is 11.5. The second-order valence-corrected chi connectivity index (χ2v) is 6.36. The molecule has 1 aromatic rings. The molecular formula is C12H13N4O7Si. The van der Waals surface area contributed by atoms with Gasteiger partial charge >= 0.3 is 8.96 Å². The second kappa shape index (κ2) is 9.09. The van der Waals surface area contributed by atoms with E-state index in [4.69, 9.17) is 0 Å². The third kappa shape index (κ3) is 6.31. The summed E-state index contributed by atoms with van der Waals surface area (Å²) < 4.78 is -0.895. The van der Waals surface area contributed by atoms with Gasteiger partial charge in [-0.15, -0.1) is 0 Å². The van der Waals surface area contributed by atoms with Crippen LogP contribution < -0.4 is 10.6 Å². The SMILES string of the molecule is O=C[Si](C(=O)NCc1cccc(CNC(=O)C[N+](=O)[O-])c1)[N+](=O)[O-]. The van der Waals surface area contributed by atoms with Gasteiger partial charge in [-0.25, -0.2) is 0 Å². The van der Waals surface area contributed by atoms with Crippen LogP contribution in [-0.2, 0) is 22.7 Å². The van der Waals surface area contributed by atoms with Crippen LogP contribution in [-0.4, -0.2) is 42.4 Å². The molecule has 0 heterocycles. The minimum atomic E-state index is -3.02. The molecule has 0 aliphatic carbocycles. The van der Waals surface area contributed by atoms with Gasteiger partial charge in [0, 0.05) is 18.0 Å². The fourth-order valence-corrected chi connectivity index (χ4v) is 2.30. The fourth-order valence-electron chi connectivity index (χ4n) is 1.68. The predicted octanol–water partition coefficient (Wildman–Crippen LogP) is -0.589. The van der Waals surface area contributed by atoms with Crippen molar-refractivity contribution in [2.24, 2.45) is 0 Å². The van der Waals surface area contributed by atoms with Crippen LogP contribution in [0, 0.1) is 20.2 Å². The molecule has 0 saturated carbocycles. The van der Waals surface area contributed by atoms with E-state index in [0.29, 0.717) is 11.1 Å². The molecule has 0 saturated heterocycles. The van der Waals surface area contributed by atoms with E-state index in [9.17, 15) is 34.6 Å². The van der Waals surface area contributed by atoms with Gasteiger partial charge in [-0.3, -0.25) is 29.8 Å². The highest BCUT2D eigenvalue weighted by molar-refractivity contribution is 7.02. The summed E-state index contributed by atoms with van der Waals surface area (Å²) in [5.74, 6) is -0.690. The van der Waals surface area contributed by atoms with Crippen molar-refractivity contribution in [2.45, 2.75) is 13.1 Å². The average molecular weight is 353 g/mol. The Labute approximate surface area is 137 Å². The number of amides is 2. The lowest BCUT2D eigenvalue weighted by molar-refractivity contribution is -0.467. The standard InChI is InChI=1S/C12H13N4O7Si/c17-8-24(16(22)23)12(19)14-6-10-3-1-2-9(4-10)5-13-11(18)7-15(20)21/h1-4,8H,5-7H2,(H,13,18)(H,14,19). The summed E-state index contributed by atoms with van der Waals surface area (Å²) in [6, 6.07) is 6.55. The smallest absolute Gasteiger partial charge is 0.350 e. The van der Waals surface area contributed by atoms with E-state index < -0.39 is 36.5 Å². The van der Waals surface area contributed by atoms with Crippen molar-refractivity contribution >= 4 is 26.3 Å². The molecule has 1 aromatic carbocycles. The zero-order valence-corrected chi connectivity index (χ0v) is 13.3. The van der Waals surface area contributed by atoms with Crippen LogP contribution in [0.2, 0.25) is 0 Å². The van der Waals surface area contributed by atoms with E-state index in [-0.39, 0.29) is 19.0 Å². The largest absolute Gasteiger partial charge is 0.651 e. The van der Waals surface area contributed by atoms with Crippen molar-refractivity contribution < 1.29 is 23.9 Å². The van der Waals surface area contributed by atoms with E-state index in [1.165, 1.54) is 0 Å². The number of nitrogens with one attached hydrogen (secondary N) is 2. The Kier molecular flexibility index (Phi) is 7.16.